The van der Waals surface area contributed by atoms with E-state index in [0.717, 1.165) is 25.6 Å². The number of nitrogens with one attached hydrogen (secondary N) is 1. The van der Waals surface area contributed by atoms with Crippen LogP contribution < -0.4 is 5.32 Å². The largest absolute Gasteiger partial charge is 0.357 e. The normalized spacial score (nSPS) is 15.3. The monoisotopic (exact) mass is 485 g/mol. The van der Waals surface area contributed by atoms with Crippen LogP contribution in [-0.4, -0.2) is 45.5 Å². The van der Waals surface area contributed by atoms with E-state index in [-0.39, 0.29) is 28.7 Å². The molecule has 0 aliphatic heterocycles. The summed E-state index contributed by atoms with van der Waals surface area (Å²) in [5.41, 5.74) is 1.19. The fourth-order valence-electron chi connectivity index (χ4n) is 2.76. The molecule has 1 fully saturated rings. The average molecular weight is 485 g/mol. The number of benzene rings is 1. The standard InChI is InChI=1S/C19H27N5S.HI/c1-4-20-18(23(2)13-16-12-22-24(3)14-16)21-15-19(10-11-19)25-17-8-6-5-7-9-17;/h5-9,12,14H,4,10-11,13,15H2,1-3H3,(H,20,21);1H. The van der Waals surface area contributed by atoms with E-state index in [4.69, 9.17) is 4.99 Å². The van der Waals surface area contributed by atoms with Crippen LogP contribution in [0, 0.1) is 0 Å². The fourth-order valence-corrected chi connectivity index (χ4v) is 3.99. The summed E-state index contributed by atoms with van der Waals surface area (Å²) in [5, 5.41) is 7.66. The molecule has 0 radical (unpaired) electrons. The van der Waals surface area contributed by atoms with Gasteiger partial charge in [0.25, 0.3) is 0 Å². The van der Waals surface area contributed by atoms with Gasteiger partial charge >= 0.3 is 0 Å². The van der Waals surface area contributed by atoms with Gasteiger partial charge in [0.15, 0.2) is 5.96 Å². The molecular weight excluding hydrogens is 457 g/mol. The molecule has 7 heteroatoms. The summed E-state index contributed by atoms with van der Waals surface area (Å²) >= 11 is 1.97. The molecule has 26 heavy (non-hydrogen) atoms. The molecule has 0 amide bonds. The van der Waals surface area contributed by atoms with Crippen LogP contribution in [0.4, 0.5) is 0 Å². The number of aryl methyl sites for hydroxylation is 1. The number of aromatic nitrogens is 2. The Hall–Kier alpha value is -1.22. The van der Waals surface area contributed by atoms with Gasteiger partial charge in [-0.1, -0.05) is 18.2 Å². The van der Waals surface area contributed by atoms with Crippen molar-refractivity contribution in [2.75, 3.05) is 20.1 Å². The average Bonchev–Trinajstić information content (AvgIpc) is 3.25. The van der Waals surface area contributed by atoms with E-state index in [1.165, 1.54) is 23.3 Å². The van der Waals surface area contributed by atoms with Gasteiger partial charge in [0, 0.05) is 48.6 Å². The highest BCUT2D eigenvalue weighted by Crippen LogP contribution is 2.51. The molecule has 1 aromatic carbocycles. The number of hydrogen-bond donors (Lipinski definition) is 1. The second kappa shape index (κ2) is 9.64. The number of nitrogens with zero attached hydrogens (tertiary/aromatic N) is 4. The maximum atomic E-state index is 4.93. The summed E-state index contributed by atoms with van der Waals surface area (Å²) in [6, 6.07) is 10.7. The maximum Gasteiger partial charge on any atom is 0.194 e. The van der Waals surface area contributed by atoms with Crippen LogP contribution in [0.5, 0.6) is 0 Å². The van der Waals surface area contributed by atoms with Crippen molar-refractivity contribution >= 4 is 41.7 Å². The van der Waals surface area contributed by atoms with Gasteiger partial charge in [0.05, 0.1) is 12.7 Å². The Kier molecular flexibility index (Phi) is 7.82. The lowest BCUT2D eigenvalue weighted by atomic mass is 10.3. The minimum atomic E-state index is 0. The zero-order chi connectivity index (χ0) is 17.7. The van der Waals surface area contributed by atoms with Crippen molar-refractivity contribution in [2.24, 2.45) is 12.0 Å². The van der Waals surface area contributed by atoms with Gasteiger partial charge in [-0.25, -0.2) is 0 Å². The molecule has 1 heterocycles. The van der Waals surface area contributed by atoms with Crippen LogP contribution in [0.25, 0.3) is 0 Å². The van der Waals surface area contributed by atoms with Gasteiger partial charge in [-0.15, -0.1) is 35.7 Å². The van der Waals surface area contributed by atoms with Crippen molar-refractivity contribution in [1.29, 1.82) is 0 Å². The smallest absolute Gasteiger partial charge is 0.194 e. The molecule has 0 saturated heterocycles. The van der Waals surface area contributed by atoms with Gasteiger partial charge in [-0.3, -0.25) is 9.67 Å². The molecule has 0 atom stereocenters. The zero-order valence-corrected chi connectivity index (χ0v) is 18.8. The second-order valence-electron chi connectivity index (χ2n) is 6.65. The van der Waals surface area contributed by atoms with E-state index < -0.39 is 0 Å². The summed E-state index contributed by atoms with van der Waals surface area (Å²) in [4.78, 5) is 8.44. The van der Waals surface area contributed by atoms with E-state index in [1.807, 2.05) is 35.9 Å². The molecule has 142 valence electrons. The first-order chi connectivity index (χ1) is 12.1. The topological polar surface area (TPSA) is 45.5 Å². The van der Waals surface area contributed by atoms with Crippen molar-refractivity contribution in [2.45, 2.75) is 36.0 Å². The Morgan fingerprint density at radius 2 is 2.08 bits per heavy atom. The first-order valence-electron chi connectivity index (χ1n) is 8.81. The molecule has 1 saturated carbocycles. The van der Waals surface area contributed by atoms with Crippen LogP contribution in [0.3, 0.4) is 0 Å². The number of rotatable bonds is 7. The predicted octanol–water partition coefficient (Wildman–Crippen LogP) is 3.76. The number of guanidine groups is 1. The lowest BCUT2D eigenvalue weighted by Crippen LogP contribution is -2.39. The summed E-state index contributed by atoms with van der Waals surface area (Å²) in [7, 11) is 4.03. The van der Waals surface area contributed by atoms with E-state index in [2.05, 4.69) is 59.6 Å². The van der Waals surface area contributed by atoms with E-state index >= 15 is 0 Å². The maximum absolute atomic E-state index is 4.93. The molecule has 1 aliphatic carbocycles. The highest BCUT2D eigenvalue weighted by atomic mass is 127. The Balaban J connectivity index is 0.00000243. The summed E-state index contributed by atoms with van der Waals surface area (Å²) in [6.07, 6.45) is 6.44. The Morgan fingerprint density at radius 1 is 1.35 bits per heavy atom. The molecule has 0 spiro atoms. The van der Waals surface area contributed by atoms with Gasteiger partial charge < -0.3 is 10.2 Å². The predicted molar refractivity (Wildman–Crippen MR) is 120 cm³/mol. The minimum Gasteiger partial charge on any atom is -0.357 e. The number of hydrogen-bond acceptors (Lipinski definition) is 3. The van der Waals surface area contributed by atoms with Crippen molar-refractivity contribution in [3.8, 4) is 0 Å². The number of thioether (sulfide) groups is 1. The zero-order valence-electron chi connectivity index (χ0n) is 15.7. The third-order valence-electron chi connectivity index (χ3n) is 4.28. The highest BCUT2D eigenvalue weighted by molar-refractivity contribution is 14.0. The number of aliphatic imine (C=N–C) groups is 1. The second-order valence-corrected chi connectivity index (χ2v) is 8.19. The Labute approximate surface area is 177 Å². The minimum absolute atomic E-state index is 0. The van der Waals surface area contributed by atoms with E-state index in [9.17, 15) is 0 Å². The Bertz CT molecular complexity index is 712. The highest BCUT2D eigenvalue weighted by Gasteiger charge is 2.43. The third kappa shape index (κ3) is 5.90. The van der Waals surface area contributed by atoms with Crippen LogP contribution >= 0.6 is 35.7 Å². The first-order valence-corrected chi connectivity index (χ1v) is 9.63. The van der Waals surface area contributed by atoms with Crippen LogP contribution in [0.15, 0.2) is 52.6 Å². The lowest BCUT2D eigenvalue weighted by molar-refractivity contribution is 0.476. The quantitative estimate of drug-likeness (QED) is 0.369. The first kappa shape index (κ1) is 21.1. The molecule has 1 aromatic heterocycles. The van der Waals surface area contributed by atoms with Gasteiger partial charge in [0.1, 0.15) is 0 Å². The van der Waals surface area contributed by atoms with Crippen molar-refractivity contribution in [3.63, 3.8) is 0 Å². The molecule has 3 rings (SSSR count). The molecule has 1 N–H and O–H groups in total. The lowest BCUT2D eigenvalue weighted by Gasteiger charge is -2.22. The molecule has 1 aliphatic rings. The van der Waals surface area contributed by atoms with Crippen LogP contribution in [-0.2, 0) is 13.6 Å². The van der Waals surface area contributed by atoms with Crippen LogP contribution in [0.1, 0.15) is 25.3 Å². The number of halogens is 1. The fraction of sp³-hybridized carbons (Fsp3) is 0.474. The van der Waals surface area contributed by atoms with E-state index in [1.54, 1.807) is 0 Å². The molecule has 2 aromatic rings. The van der Waals surface area contributed by atoms with Gasteiger partial charge in [-0.05, 0) is 31.9 Å². The van der Waals surface area contributed by atoms with Gasteiger partial charge in [0.2, 0.25) is 0 Å². The third-order valence-corrected chi connectivity index (χ3v) is 5.76. The summed E-state index contributed by atoms with van der Waals surface area (Å²) in [5.74, 6) is 0.964. The molecular formula is C19H28IN5S. The van der Waals surface area contributed by atoms with Crippen LogP contribution in [0.2, 0.25) is 0 Å². The molecule has 0 bridgehead atoms. The summed E-state index contributed by atoms with van der Waals surface area (Å²) in [6.45, 7) is 4.64. The summed E-state index contributed by atoms with van der Waals surface area (Å²) < 4.78 is 2.11. The molecule has 0 unspecified atom stereocenters. The van der Waals surface area contributed by atoms with Crippen molar-refractivity contribution in [1.82, 2.24) is 20.0 Å². The van der Waals surface area contributed by atoms with Crippen molar-refractivity contribution in [3.05, 3.63) is 48.3 Å². The van der Waals surface area contributed by atoms with Gasteiger partial charge in [-0.2, -0.15) is 5.10 Å². The Morgan fingerprint density at radius 3 is 2.65 bits per heavy atom. The molecule has 5 nitrogen and oxygen atoms in total. The van der Waals surface area contributed by atoms with Crippen molar-refractivity contribution < 1.29 is 0 Å². The van der Waals surface area contributed by atoms with E-state index in [0.29, 0.717) is 0 Å². The SMILES string of the molecule is CCNC(=NCC1(Sc2ccccc2)CC1)N(C)Cc1cnn(C)c1.I.